The summed E-state index contributed by atoms with van der Waals surface area (Å²) in [5, 5.41) is 0. The number of carbonyl (C=O) groups excluding carboxylic acids is 2. The lowest BCUT2D eigenvalue weighted by molar-refractivity contribution is -0.132. The molecule has 0 bridgehead atoms. The number of hydrogen-bond acceptors (Lipinski definition) is 6. The van der Waals surface area contributed by atoms with E-state index in [1.54, 1.807) is 16.0 Å². The van der Waals surface area contributed by atoms with Crippen LogP contribution in [-0.4, -0.2) is 37.5 Å². The van der Waals surface area contributed by atoms with E-state index in [9.17, 15) is 9.59 Å². The van der Waals surface area contributed by atoms with Crippen molar-refractivity contribution in [2.75, 3.05) is 0 Å². The highest BCUT2D eigenvalue weighted by Crippen LogP contribution is 2.39. The SMILES string of the molecule is Cc1ccc(C2(CCC(C)C)N=C(N)N(Cc3ccc(C(C)(C)C)c(C(=O)N4Cc5cncnc5C4)c3)C2=O)cc1. The Morgan fingerprint density at radius 3 is 2.49 bits per heavy atom. The number of hydrogen-bond donors (Lipinski definition) is 1. The molecule has 3 heterocycles. The zero-order chi connectivity index (χ0) is 29.5. The van der Waals surface area contributed by atoms with Gasteiger partial charge >= 0.3 is 0 Å². The number of benzene rings is 2. The summed E-state index contributed by atoms with van der Waals surface area (Å²) in [5.74, 6) is 0.438. The zero-order valence-electron chi connectivity index (χ0n) is 24.9. The normalized spacial score (nSPS) is 18.7. The molecule has 0 fully saturated rings. The van der Waals surface area contributed by atoms with E-state index in [4.69, 9.17) is 10.7 Å². The molecular weight excluding hydrogens is 512 g/mol. The van der Waals surface area contributed by atoms with Gasteiger partial charge in [-0.3, -0.25) is 14.5 Å². The van der Waals surface area contributed by atoms with Gasteiger partial charge in [-0.25, -0.2) is 15.0 Å². The third-order valence-electron chi connectivity index (χ3n) is 8.13. The fraction of sp³-hybridized carbons (Fsp3) is 0.424. The van der Waals surface area contributed by atoms with Gasteiger partial charge in [-0.1, -0.05) is 76.6 Å². The van der Waals surface area contributed by atoms with Gasteiger partial charge in [0.15, 0.2) is 11.5 Å². The van der Waals surface area contributed by atoms with E-state index in [2.05, 4.69) is 44.6 Å². The van der Waals surface area contributed by atoms with E-state index in [1.807, 2.05) is 49.4 Å². The molecule has 1 atom stereocenters. The lowest BCUT2D eigenvalue weighted by Gasteiger charge is -2.28. The summed E-state index contributed by atoms with van der Waals surface area (Å²) in [6.45, 7) is 13.8. The van der Waals surface area contributed by atoms with Crippen LogP contribution in [-0.2, 0) is 35.4 Å². The van der Waals surface area contributed by atoms with E-state index in [1.165, 1.54) is 6.33 Å². The minimum atomic E-state index is -1.05. The molecule has 0 radical (unpaired) electrons. The summed E-state index contributed by atoms with van der Waals surface area (Å²) < 4.78 is 0. The summed E-state index contributed by atoms with van der Waals surface area (Å²) in [7, 11) is 0. The van der Waals surface area contributed by atoms with Crippen LogP contribution in [0.25, 0.3) is 0 Å². The molecule has 41 heavy (non-hydrogen) atoms. The average Bonchev–Trinajstić information content (AvgIpc) is 3.46. The average molecular weight is 553 g/mol. The number of guanidine groups is 1. The molecule has 0 aliphatic carbocycles. The van der Waals surface area contributed by atoms with Gasteiger partial charge < -0.3 is 10.6 Å². The molecule has 8 heteroatoms. The largest absolute Gasteiger partial charge is 0.369 e. The maximum atomic E-state index is 14.2. The van der Waals surface area contributed by atoms with Crippen LogP contribution >= 0.6 is 0 Å². The Labute approximate surface area is 242 Å². The minimum absolute atomic E-state index is 0.0601. The lowest BCUT2D eigenvalue weighted by Crippen LogP contribution is -2.42. The highest BCUT2D eigenvalue weighted by atomic mass is 16.2. The number of nitrogens with two attached hydrogens (primary N) is 1. The smallest absolute Gasteiger partial charge is 0.262 e. The van der Waals surface area contributed by atoms with Crippen LogP contribution in [0.2, 0.25) is 0 Å². The van der Waals surface area contributed by atoms with Crippen molar-refractivity contribution in [2.24, 2.45) is 16.6 Å². The monoisotopic (exact) mass is 552 g/mol. The second-order valence-electron chi connectivity index (χ2n) is 12.8. The number of amides is 2. The van der Waals surface area contributed by atoms with Gasteiger partial charge in [0.2, 0.25) is 0 Å². The van der Waals surface area contributed by atoms with Crippen molar-refractivity contribution in [1.29, 1.82) is 0 Å². The molecule has 0 saturated carbocycles. The van der Waals surface area contributed by atoms with Crippen LogP contribution in [0.3, 0.4) is 0 Å². The van der Waals surface area contributed by atoms with Crippen LogP contribution in [0.15, 0.2) is 60.0 Å². The first-order valence-corrected chi connectivity index (χ1v) is 14.3. The summed E-state index contributed by atoms with van der Waals surface area (Å²) >= 11 is 0. The van der Waals surface area contributed by atoms with E-state index in [-0.39, 0.29) is 29.7 Å². The number of rotatable bonds is 7. The Kier molecular flexibility index (Phi) is 7.45. The predicted molar refractivity (Wildman–Crippen MR) is 160 cm³/mol. The minimum Gasteiger partial charge on any atom is -0.369 e. The maximum Gasteiger partial charge on any atom is 0.262 e. The van der Waals surface area contributed by atoms with Crippen LogP contribution in [0.5, 0.6) is 0 Å². The summed E-state index contributed by atoms with van der Waals surface area (Å²) in [6, 6.07) is 13.9. The molecule has 2 amide bonds. The molecule has 5 rings (SSSR count). The van der Waals surface area contributed by atoms with Crippen molar-refractivity contribution in [3.63, 3.8) is 0 Å². The highest BCUT2D eigenvalue weighted by Gasteiger charge is 2.48. The molecule has 0 spiro atoms. The number of carbonyl (C=O) groups is 2. The zero-order valence-corrected chi connectivity index (χ0v) is 24.9. The number of nitrogens with zero attached hydrogens (tertiary/aromatic N) is 5. The van der Waals surface area contributed by atoms with E-state index in [0.717, 1.165) is 39.9 Å². The highest BCUT2D eigenvalue weighted by molar-refractivity contribution is 6.07. The number of aromatic nitrogens is 2. The van der Waals surface area contributed by atoms with Gasteiger partial charge in [-0.2, -0.15) is 0 Å². The molecule has 2 aliphatic rings. The fourth-order valence-corrected chi connectivity index (χ4v) is 5.72. The fourth-order valence-electron chi connectivity index (χ4n) is 5.72. The van der Waals surface area contributed by atoms with E-state index >= 15 is 0 Å². The Hall–Kier alpha value is -4.07. The summed E-state index contributed by atoms with van der Waals surface area (Å²) in [4.78, 5) is 44.8. The lowest BCUT2D eigenvalue weighted by atomic mass is 9.82. The molecule has 2 aromatic carbocycles. The van der Waals surface area contributed by atoms with Gasteiger partial charge in [0.25, 0.3) is 11.8 Å². The van der Waals surface area contributed by atoms with Crippen LogP contribution in [0.4, 0.5) is 0 Å². The van der Waals surface area contributed by atoms with Gasteiger partial charge in [-0.05, 0) is 53.9 Å². The Morgan fingerprint density at radius 2 is 1.83 bits per heavy atom. The third kappa shape index (κ3) is 5.47. The van der Waals surface area contributed by atoms with Gasteiger partial charge in [0, 0.05) is 23.9 Å². The Morgan fingerprint density at radius 1 is 1.10 bits per heavy atom. The molecular formula is C33H40N6O2. The van der Waals surface area contributed by atoms with Crippen molar-refractivity contribution in [3.05, 3.63) is 94.1 Å². The first kappa shape index (κ1) is 28.5. The van der Waals surface area contributed by atoms with Crippen LogP contribution < -0.4 is 5.73 Å². The van der Waals surface area contributed by atoms with Crippen LogP contribution in [0.1, 0.15) is 91.3 Å². The van der Waals surface area contributed by atoms with Gasteiger partial charge in [0.05, 0.1) is 18.8 Å². The van der Waals surface area contributed by atoms with Gasteiger partial charge in [0.1, 0.15) is 6.33 Å². The first-order chi connectivity index (χ1) is 19.4. The molecule has 1 unspecified atom stereocenters. The number of aryl methyl sites for hydroxylation is 1. The van der Waals surface area contributed by atoms with E-state index in [0.29, 0.717) is 31.0 Å². The molecule has 214 valence electrons. The number of fused-ring (bicyclic) bond motifs is 1. The maximum absolute atomic E-state index is 14.2. The predicted octanol–water partition coefficient (Wildman–Crippen LogP) is 5.23. The van der Waals surface area contributed by atoms with Crippen molar-refractivity contribution < 1.29 is 9.59 Å². The standard InChI is InChI=1S/C33H40N6O2/c1-21(2)13-14-33(25-10-7-22(3)8-11-25)30(41)39(31(34)37-33)17-23-9-12-27(32(4,5)6)26(15-23)29(40)38-18-24-16-35-20-36-28(24)19-38/h7-12,15-16,20-21H,13-14,17-19H2,1-6H3,(H2,34,37). The third-order valence-corrected chi connectivity index (χ3v) is 8.13. The van der Waals surface area contributed by atoms with E-state index < -0.39 is 5.54 Å². The Balaban J connectivity index is 1.46. The number of aliphatic imine (C=N–C) groups is 1. The topological polar surface area (TPSA) is 105 Å². The molecule has 8 nitrogen and oxygen atoms in total. The van der Waals surface area contributed by atoms with Crippen molar-refractivity contribution >= 4 is 17.8 Å². The second-order valence-corrected chi connectivity index (χ2v) is 12.8. The molecule has 3 aromatic rings. The van der Waals surface area contributed by atoms with Gasteiger partial charge in [-0.15, -0.1) is 0 Å². The summed E-state index contributed by atoms with van der Waals surface area (Å²) in [5.41, 5.74) is 11.4. The van der Waals surface area contributed by atoms with Crippen LogP contribution in [0, 0.1) is 12.8 Å². The summed E-state index contributed by atoms with van der Waals surface area (Å²) in [6.07, 6.45) is 4.71. The second kappa shape index (κ2) is 10.7. The van der Waals surface area contributed by atoms with Crippen molar-refractivity contribution in [3.8, 4) is 0 Å². The molecule has 0 saturated heterocycles. The molecule has 2 N–H and O–H groups in total. The van der Waals surface area contributed by atoms with Crippen molar-refractivity contribution in [1.82, 2.24) is 19.8 Å². The molecule has 1 aromatic heterocycles. The first-order valence-electron chi connectivity index (χ1n) is 14.3. The quantitative estimate of drug-likeness (QED) is 0.432. The molecule has 2 aliphatic heterocycles. The van der Waals surface area contributed by atoms with Crippen molar-refractivity contribution in [2.45, 2.75) is 85.0 Å². The Bertz CT molecular complexity index is 1480.